The van der Waals surface area contributed by atoms with Crippen molar-refractivity contribution >= 4 is 34.7 Å². The summed E-state index contributed by atoms with van der Waals surface area (Å²) >= 11 is 0. The highest BCUT2D eigenvalue weighted by atomic mass is 19.1. The summed E-state index contributed by atoms with van der Waals surface area (Å²) in [4.78, 5) is 25.0. The van der Waals surface area contributed by atoms with E-state index in [2.05, 4.69) is 25.6 Å². The first-order valence-electron chi connectivity index (χ1n) is 12.0. The van der Waals surface area contributed by atoms with E-state index in [0.29, 0.717) is 49.9 Å². The average Bonchev–Trinajstić information content (AvgIpc) is 3.24. The molecule has 1 saturated carbocycles. The smallest absolute Gasteiger partial charge is 0.225 e. The van der Waals surface area contributed by atoms with Gasteiger partial charge in [0, 0.05) is 18.6 Å². The van der Waals surface area contributed by atoms with Crippen molar-refractivity contribution < 1.29 is 22.7 Å². The highest BCUT2D eigenvalue weighted by Gasteiger charge is 2.30. The maximum atomic E-state index is 14.7. The SMILES string of the molecule is N#Cc1cc(F)c(Nc2nc3cnc(N[C@@H]4CCOC[C@H]4F)nc3n2C2CCC(C(N)=O)CC2)c(F)c1. The highest BCUT2D eigenvalue weighted by Crippen LogP contribution is 2.37. The molecule has 5 rings (SSSR count). The summed E-state index contributed by atoms with van der Waals surface area (Å²) in [6.07, 6.45) is 2.89. The van der Waals surface area contributed by atoms with Crippen molar-refractivity contribution in [1.29, 1.82) is 5.26 Å². The lowest BCUT2D eigenvalue weighted by atomic mass is 9.85. The minimum atomic E-state index is -1.22. The van der Waals surface area contributed by atoms with Crippen molar-refractivity contribution in [3.8, 4) is 6.07 Å². The lowest BCUT2D eigenvalue weighted by Crippen LogP contribution is -2.39. The van der Waals surface area contributed by atoms with E-state index >= 15 is 0 Å². The Morgan fingerprint density at radius 2 is 1.89 bits per heavy atom. The lowest BCUT2D eigenvalue weighted by Gasteiger charge is -2.29. The van der Waals surface area contributed by atoms with E-state index in [4.69, 9.17) is 15.7 Å². The van der Waals surface area contributed by atoms with Gasteiger partial charge in [-0.05, 0) is 44.2 Å². The number of ether oxygens (including phenoxy) is 1. The summed E-state index contributed by atoms with van der Waals surface area (Å²) < 4.78 is 50.6. The number of carbonyl (C=O) groups excluding carboxylic acids is 1. The normalized spacial score (nSPS) is 23.9. The molecule has 1 aliphatic heterocycles. The quantitative estimate of drug-likeness (QED) is 0.454. The molecule has 13 heteroatoms. The van der Waals surface area contributed by atoms with Gasteiger partial charge in [-0.2, -0.15) is 10.2 Å². The predicted molar refractivity (Wildman–Crippen MR) is 128 cm³/mol. The number of hydrogen-bond acceptors (Lipinski definition) is 8. The predicted octanol–water partition coefficient (Wildman–Crippen LogP) is 3.48. The number of imidazole rings is 1. The first-order valence-corrected chi connectivity index (χ1v) is 12.0. The van der Waals surface area contributed by atoms with Crippen LogP contribution in [0, 0.1) is 28.9 Å². The second-order valence-corrected chi connectivity index (χ2v) is 9.30. The fraction of sp³-hybridized carbons (Fsp3) is 0.458. The van der Waals surface area contributed by atoms with Gasteiger partial charge in [-0.15, -0.1) is 0 Å². The number of alkyl halides is 1. The molecule has 194 valence electrons. The van der Waals surface area contributed by atoms with E-state index in [-0.39, 0.29) is 41.9 Å². The molecule has 0 radical (unpaired) electrons. The third-order valence-corrected chi connectivity index (χ3v) is 6.91. The number of carbonyl (C=O) groups is 1. The van der Waals surface area contributed by atoms with Crippen molar-refractivity contribution in [2.75, 3.05) is 23.8 Å². The number of primary amides is 1. The zero-order valence-corrected chi connectivity index (χ0v) is 19.8. The Morgan fingerprint density at radius 1 is 1.16 bits per heavy atom. The molecule has 2 atom stereocenters. The first kappa shape index (κ1) is 24.8. The summed E-state index contributed by atoms with van der Waals surface area (Å²) in [5, 5.41) is 14.7. The van der Waals surface area contributed by atoms with Gasteiger partial charge in [-0.1, -0.05) is 0 Å². The number of nitriles is 1. The average molecular weight is 515 g/mol. The molecule has 37 heavy (non-hydrogen) atoms. The number of halogens is 3. The standard InChI is InChI=1S/C24H25F3N8O2/c25-15-7-12(9-28)8-16(26)20(15)33-24-32-19-10-30-23(31-18-5-6-37-11-17(18)27)34-22(19)35(24)14-3-1-13(2-4-14)21(29)36/h7-8,10,13-14,17-18H,1-6,11H2,(H2,29,36)(H,32,33)(H,30,31,34)/t13?,14?,17-,18-/m1/s1. The third-order valence-electron chi connectivity index (χ3n) is 6.91. The zero-order valence-electron chi connectivity index (χ0n) is 19.8. The van der Waals surface area contributed by atoms with E-state index in [1.54, 1.807) is 10.6 Å². The Balaban J connectivity index is 1.53. The number of fused-ring (bicyclic) bond motifs is 1. The van der Waals surface area contributed by atoms with Gasteiger partial charge in [-0.3, -0.25) is 9.36 Å². The Bertz CT molecular complexity index is 1340. The van der Waals surface area contributed by atoms with Gasteiger partial charge < -0.3 is 21.1 Å². The molecule has 0 bridgehead atoms. The monoisotopic (exact) mass is 514 g/mol. The Labute approximate surface area is 210 Å². The number of benzene rings is 1. The molecule has 2 fully saturated rings. The van der Waals surface area contributed by atoms with Crippen molar-refractivity contribution in [1.82, 2.24) is 19.5 Å². The van der Waals surface area contributed by atoms with Crippen LogP contribution in [0.25, 0.3) is 11.2 Å². The van der Waals surface area contributed by atoms with E-state index in [1.807, 2.05) is 0 Å². The highest BCUT2D eigenvalue weighted by molar-refractivity contribution is 5.78. The third kappa shape index (κ3) is 5.01. The van der Waals surface area contributed by atoms with E-state index < -0.39 is 29.5 Å². The Hall–Kier alpha value is -3.92. The number of hydrogen-bond donors (Lipinski definition) is 3. The van der Waals surface area contributed by atoms with Gasteiger partial charge in [0.1, 0.15) is 17.4 Å². The fourth-order valence-corrected chi connectivity index (χ4v) is 4.91. The second kappa shape index (κ2) is 10.2. The van der Waals surface area contributed by atoms with Crippen molar-refractivity contribution in [2.24, 2.45) is 11.7 Å². The lowest BCUT2D eigenvalue weighted by molar-refractivity contribution is -0.122. The minimum Gasteiger partial charge on any atom is -0.378 e. The van der Waals surface area contributed by atoms with Crippen LogP contribution < -0.4 is 16.4 Å². The number of anilines is 3. The van der Waals surface area contributed by atoms with Crippen LogP contribution in [0.3, 0.4) is 0 Å². The van der Waals surface area contributed by atoms with Crippen LogP contribution in [0.1, 0.15) is 43.7 Å². The summed E-state index contributed by atoms with van der Waals surface area (Å²) in [7, 11) is 0. The molecule has 1 aliphatic carbocycles. The van der Waals surface area contributed by atoms with Crippen LogP contribution in [-0.4, -0.2) is 50.9 Å². The minimum absolute atomic E-state index is 0.0171. The van der Waals surface area contributed by atoms with Crippen molar-refractivity contribution in [3.05, 3.63) is 35.5 Å². The van der Waals surface area contributed by atoms with Crippen molar-refractivity contribution in [3.63, 3.8) is 0 Å². The topological polar surface area (TPSA) is 144 Å². The van der Waals surface area contributed by atoms with Crippen LogP contribution in [0.15, 0.2) is 18.3 Å². The molecule has 0 unspecified atom stereocenters. The molecule has 4 N–H and O–H groups in total. The van der Waals surface area contributed by atoms with Crippen LogP contribution >= 0.6 is 0 Å². The molecule has 2 aromatic heterocycles. The molecule has 1 amide bonds. The second-order valence-electron chi connectivity index (χ2n) is 9.30. The number of rotatable bonds is 6. The Morgan fingerprint density at radius 3 is 2.54 bits per heavy atom. The maximum Gasteiger partial charge on any atom is 0.225 e. The molecule has 10 nitrogen and oxygen atoms in total. The van der Waals surface area contributed by atoms with Crippen LogP contribution in [0.4, 0.5) is 30.8 Å². The summed E-state index contributed by atoms with van der Waals surface area (Å²) in [5.74, 6) is -2.20. The number of amides is 1. The van der Waals surface area contributed by atoms with Gasteiger partial charge in [0.15, 0.2) is 17.3 Å². The molecule has 1 aromatic carbocycles. The number of nitrogens with zero attached hydrogens (tertiary/aromatic N) is 5. The van der Waals surface area contributed by atoms with Crippen LogP contribution in [0.2, 0.25) is 0 Å². The maximum absolute atomic E-state index is 14.7. The Kier molecular flexibility index (Phi) is 6.84. The molecular formula is C24H25F3N8O2. The molecule has 0 spiro atoms. The van der Waals surface area contributed by atoms with Gasteiger partial charge in [-0.25, -0.2) is 23.1 Å². The summed E-state index contributed by atoms with van der Waals surface area (Å²) in [6, 6.07) is 2.85. The molecule has 3 heterocycles. The van der Waals surface area contributed by atoms with Gasteiger partial charge >= 0.3 is 0 Å². The number of aromatic nitrogens is 4. The molecule has 2 aliphatic rings. The molecule has 3 aromatic rings. The largest absolute Gasteiger partial charge is 0.378 e. The van der Waals surface area contributed by atoms with Gasteiger partial charge in [0.2, 0.25) is 17.8 Å². The van der Waals surface area contributed by atoms with Crippen LogP contribution in [0.5, 0.6) is 0 Å². The molecule has 1 saturated heterocycles. The van der Waals surface area contributed by atoms with Crippen LogP contribution in [-0.2, 0) is 9.53 Å². The fourth-order valence-electron chi connectivity index (χ4n) is 4.91. The zero-order chi connectivity index (χ0) is 26.1. The molecular weight excluding hydrogens is 489 g/mol. The summed E-state index contributed by atoms with van der Waals surface area (Å²) in [6.45, 7) is 0.397. The van der Waals surface area contributed by atoms with E-state index in [1.165, 1.54) is 6.20 Å². The number of nitrogens with two attached hydrogens (primary N) is 1. The first-order chi connectivity index (χ1) is 17.8. The van der Waals surface area contributed by atoms with E-state index in [0.717, 1.165) is 12.1 Å². The van der Waals surface area contributed by atoms with E-state index in [9.17, 15) is 18.0 Å². The van der Waals surface area contributed by atoms with Gasteiger partial charge in [0.05, 0.1) is 30.5 Å². The summed E-state index contributed by atoms with van der Waals surface area (Å²) in [5.41, 5.74) is 5.62. The van der Waals surface area contributed by atoms with Crippen molar-refractivity contribution in [2.45, 2.75) is 50.4 Å². The number of nitrogens with one attached hydrogen (secondary N) is 2. The van der Waals surface area contributed by atoms with Gasteiger partial charge in [0.25, 0.3) is 0 Å².